The number of rotatable bonds is 8. The first-order valence-corrected chi connectivity index (χ1v) is 9.31. The predicted molar refractivity (Wildman–Crippen MR) is 103 cm³/mol. The van der Waals surface area contributed by atoms with Crippen molar-refractivity contribution in [2.75, 3.05) is 19.5 Å². The Morgan fingerprint density at radius 1 is 1.18 bits per heavy atom. The van der Waals surface area contributed by atoms with Crippen LogP contribution >= 0.6 is 11.8 Å². The van der Waals surface area contributed by atoms with Crippen LogP contribution < -0.4 is 4.74 Å². The molecule has 8 heteroatoms. The second kappa shape index (κ2) is 9.18. The summed E-state index contributed by atoms with van der Waals surface area (Å²) in [6, 6.07) is 12.8. The number of nitrogens with zero attached hydrogens (tertiary/aromatic N) is 2. The fourth-order valence-electron chi connectivity index (χ4n) is 2.48. The number of hydrogen-bond acceptors (Lipinski definition) is 6. The number of thioether (sulfide) groups is 1. The molecule has 0 saturated heterocycles. The van der Waals surface area contributed by atoms with Crippen LogP contribution in [-0.4, -0.2) is 40.8 Å². The minimum atomic E-state index is -0.554. The average Bonchev–Trinajstić information content (AvgIpc) is 3.19. The molecule has 6 nitrogen and oxygen atoms in total. The predicted octanol–water partition coefficient (Wildman–Crippen LogP) is 3.54. The van der Waals surface area contributed by atoms with Crippen LogP contribution in [0, 0.1) is 5.82 Å². The van der Waals surface area contributed by atoms with Crippen LogP contribution in [0.2, 0.25) is 0 Å². The molecule has 0 unspecified atom stereocenters. The molecule has 0 amide bonds. The van der Waals surface area contributed by atoms with Gasteiger partial charge < -0.3 is 9.47 Å². The summed E-state index contributed by atoms with van der Waals surface area (Å²) in [4.78, 5) is 28.4. The van der Waals surface area contributed by atoms with E-state index < -0.39 is 5.97 Å². The number of imidazole rings is 1. The van der Waals surface area contributed by atoms with Crippen molar-refractivity contribution in [2.24, 2.45) is 0 Å². The number of benzene rings is 2. The van der Waals surface area contributed by atoms with Gasteiger partial charge in [-0.05, 0) is 30.3 Å². The largest absolute Gasteiger partial charge is 0.496 e. The van der Waals surface area contributed by atoms with Gasteiger partial charge in [0, 0.05) is 12.4 Å². The van der Waals surface area contributed by atoms with Crippen molar-refractivity contribution >= 4 is 23.5 Å². The van der Waals surface area contributed by atoms with E-state index in [1.165, 1.54) is 19.2 Å². The minimum absolute atomic E-state index is 0.0362. The van der Waals surface area contributed by atoms with Crippen LogP contribution in [0.4, 0.5) is 4.39 Å². The van der Waals surface area contributed by atoms with Crippen LogP contribution in [0.1, 0.15) is 10.4 Å². The third-order valence-electron chi connectivity index (χ3n) is 3.78. The lowest BCUT2D eigenvalue weighted by molar-refractivity contribution is -0.139. The van der Waals surface area contributed by atoms with Crippen LogP contribution in [0.15, 0.2) is 66.1 Å². The van der Waals surface area contributed by atoms with Gasteiger partial charge in [-0.3, -0.25) is 14.2 Å². The Bertz CT molecular complexity index is 990. The van der Waals surface area contributed by atoms with Gasteiger partial charge in [-0.2, -0.15) is 0 Å². The highest BCUT2D eigenvalue weighted by Crippen LogP contribution is 2.21. The van der Waals surface area contributed by atoms with E-state index in [-0.39, 0.29) is 24.0 Å². The van der Waals surface area contributed by atoms with Crippen molar-refractivity contribution in [2.45, 2.75) is 5.16 Å². The Morgan fingerprint density at radius 3 is 2.79 bits per heavy atom. The molecule has 3 rings (SSSR count). The Hall–Kier alpha value is -3.13. The molecule has 0 bridgehead atoms. The Labute approximate surface area is 165 Å². The molecule has 0 saturated carbocycles. The fourth-order valence-corrected chi connectivity index (χ4v) is 3.25. The minimum Gasteiger partial charge on any atom is -0.496 e. The first-order valence-electron chi connectivity index (χ1n) is 8.32. The molecule has 0 spiro atoms. The SMILES string of the molecule is COc1ccccc1C(=O)COC(=O)CSc1nccn1-c1cccc(F)c1. The lowest BCUT2D eigenvalue weighted by Crippen LogP contribution is -2.16. The highest BCUT2D eigenvalue weighted by molar-refractivity contribution is 7.99. The van der Waals surface area contributed by atoms with Gasteiger partial charge >= 0.3 is 5.97 Å². The summed E-state index contributed by atoms with van der Waals surface area (Å²) < 4.78 is 25.3. The quantitative estimate of drug-likeness (QED) is 0.327. The molecule has 1 aromatic heterocycles. The van der Waals surface area contributed by atoms with Crippen molar-refractivity contribution in [3.8, 4) is 11.4 Å². The second-order valence-electron chi connectivity index (χ2n) is 5.63. The molecule has 0 atom stereocenters. The maximum absolute atomic E-state index is 13.4. The first-order chi connectivity index (χ1) is 13.6. The molecule has 0 aliphatic carbocycles. The summed E-state index contributed by atoms with van der Waals surface area (Å²) >= 11 is 1.14. The lowest BCUT2D eigenvalue weighted by atomic mass is 10.1. The van der Waals surface area contributed by atoms with Crippen molar-refractivity contribution in [1.82, 2.24) is 9.55 Å². The third-order valence-corrected chi connectivity index (χ3v) is 4.72. The third kappa shape index (κ3) is 4.77. The van der Waals surface area contributed by atoms with E-state index in [1.807, 2.05) is 0 Å². The zero-order chi connectivity index (χ0) is 19.9. The number of methoxy groups -OCH3 is 1. The zero-order valence-corrected chi connectivity index (χ0v) is 15.8. The van der Waals surface area contributed by atoms with Crippen LogP contribution in [0.25, 0.3) is 5.69 Å². The number of Topliss-reactive ketones (excluding diaryl/α,β-unsaturated/α-hetero) is 1. The highest BCUT2D eigenvalue weighted by atomic mass is 32.2. The Kier molecular flexibility index (Phi) is 6.44. The number of carbonyl (C=O) groups excluding carboxylic acids is 2. The lowest BCUT2D eigenvalue weighted by Gasteiger charge is -2.09. The van der Waals surface area contributed by atoms with E-state index in [9.17, 15) is 14.0 Å². The molecular weight excluding hydrogens is 383 g/mol. The molecule has 0 aliphatic rings. The van der Waals surface area contributed by atoms with Gasteiger partial charge in [-0.1, -0.05) is 30.0 Å². The molecule has 28 heavy (non-hydrogen) atoms. The number of aromatic nitrogens is 2. The van der Waals surface area contributed by atoms with Crippen LogP contribution in [-0.2, 0) is 9.53 Å². The van der Waals surface area contributed by atoms with Crippen molar-refractivity contribution in [3.05, 3.63) is 72.3 Å². The second-order valence-corrected chi connectivity index (χ2v) is 6.58. The van der Waals surface area contributed by atoms with E-state index in [0.29, 0.717) is 22.2 Å². The average molecular weight is 400 g/mol. The van der Waals surface area contributed by atoms with E-state index in [2.05, 4.69) is 4.98 Å². The fraction of sp³-hybridized carbons (Fsp3) is 0.150. The molecule has 0 fully saturated rings. The number of hydrogen-bond donors (Lipinski definition) is 0. The molecule has 3 aromatic rings. The van der Waals surface area contributed by atoms with Gasteiger partial charge in [0.25, 0.3) is 0 Å². The summed E-state index contributed by atoms with van der Waals surface area (Å²) in [5.74, 6) is -0.878. The first kappa shape index (κ1) is 19.6. The molecule has 0 aliphatic heterocycles. The van der Waals surface area contributed by atoms with Crippen molar-refractivity contribution < 1.29 is 23.5 Å². The summed E-state index contributed by atoms with van der Waals surface area (Å²) in [6.07, 6.45) is 3.23. The van der Waals surface area contributed by atoms with E-state index in [0.717, 1.165) is 11.8 Å². The maximum Gasteiger partial charge on any atom is 0.316 e. The van der Waals surface area contributed by atoms with Crippen molar-refractivity contribution in [3.63, 3.8) is 0 Å². The van der Waals surface area contributed by atoms with E-state index in [4.69, 9.17) is 9.47 Å². The Balaban J connectivity index is 1.56. The van der Waals surface area contributed by atoms with Crippen LogP contribution in [0.3, 0.4) is 0 Å². The van der Waals surface area contributed by atoms with Gasteiger partial charge in [0.05, 0.1) is 24.1 Å². The topological polar surface area (TPSA) is 70.4 Å². The highest BCUT2D eigenvalue weighted by Gasteiger charge is 2.15. The number of ether oxygens (including phenoxy) is 2. The normalized spacial score (nSPS) is 10.5. The molecular formula is C20H17FN2O4S. The zero-order valence-electron chi connectivity index (χ0n) is 15.0. The molecule has 1 heterocycles. The van der Waals surface area contributed by atoms with E-state index in [1.54, 1.807) is 53.4 Å². The number of ketones is 1. The number of carbonyl (C=O) groups is 2. The number of para-hydroxylation sites is 1. The van der Waals surface area contributed by atoms with Gasteiger partial charge in [0.15, 0.2) is 11.8 Å². The van der Waals surface area contributed by atoms with Gasteiger partial charge in [-0.25, -0.2) is 9.37 Å². The standard InChI is InChI=1S/C20H17FN2O4S/c1-26-18-8-3-2-7-16(18)17(24)12-27-19(25)13-28-20-22-9-10-23(20)15-6-4-5-14(21)11-15/h2-11H,12-13H2,1H3. The van der Waals surface area contributed by atoms with Gasteiger partial charge in [0.2, 0.25) is 5.78 Å². The summed E-state index contributed by atoms with van der Waals surface area (Å²) in [5, 5.41) is 0.513. The molecule has 0 N–H and O–H groups in total. The summed E-state index contributed by atoms with van der Waals surface area (Å²) in [6.45, 7) is -0.377. The van der Waals surface area contributed by atoms with Crippen LogP contribution in [0.5, 0.6) is 5.75 Å². The van der Waals surface area contributed by atoms with Gasteiger partial charge in [-0.15, -0.1) is 0 Å². The molecule has 2 aromatic carbocycles. The monoisotopic (exact) mass is 400 g/mol. The Morgan fingerprint density at radius 2 is 2.00 bits per heavy atom. The number of esters is 1. The number of halogens is 1. The van der Waals surface area contributed by atoms with Gasteiger partial charge in [0.1, 0.15) is 11.6 Å². The molecule has 144 valence electrons. The van der Waals surface area contributed by atoms with Crippen molar-refractivity contribution in [1.29, 1.82) is 0 Å². The summed E-state index contributed by atoms with van der Waals surface area (Å²) in [5.41, 5.74) is 0.951. The van der Waals surface area contributed by atoms with E-state index >= 15 is 0 Å². The smallest absolute Gasteiger partial charge is 0.316 e. The maximum atomic E-state index is 13.4. The summed E-state index contributed by atoms with van der Waals surface area (Å²) in [7, 11) is 1.47. The molecule has 0 radical (unpaired) electrons.